The van der Waals surface area contributed by atoms with Crippen LogP contribution in [0.4, 0.5) is 9.18 Å². The van der Waals surface area contributed by atoms with Crippen LogP contribution in [0.1, 0.15) is 47.1 Å². The monoisotopic (exact) mass is 413 g/mol. The number of hydrogen-bond donors (Lipinski definition) is 3. The van der Waals surface area contributed by atoms with Crippen LogP contribution in [0.2, 0.25) is 18.1 Å². The second-order valence-corrected chi connectivity index (χ2v) is 14.8. The van der Waals surface area contributed by atoms with Crippen LogP contribution in [0.25, 0.3) is 0 Å². The van der Waals surface area contributed by atoms with Gasteiger partial charge < -0.3 is 20.0 Å². The van der Waals surface area contributed by atoms with E-state index in [1.54, 1.807) is 12.1 Å². The first-order chi connectivity index (χ1) is 12.5. The van der Waals surface area contributed by atoms with Crippen molar-refractivity contribution >= 4 is 14.4 Å². The lowest BCUT2D eigenvalue weighted by Gasteiger charge is -2.45. The van der Waals surface area contributed by atoms with E-state index in [1.807, 2.05) is 20.8 Å². The molecule has 0 saturated heterocycles. The third-order valence-corrected chi connectivity index (χ3v) is 9.96. The molecule has 0 spiro atoms. The van der Waals surface area contributed by atoms with Crippen LogP contribution in [0.3, 0.4) is 0 Å². The number of aliphatic hydroxyl groups excluding tert-OH is 1. The van der Waals surface area contributed by atoms with E-state index in [-0.39, 0.29) is 17.3 Å². The molecule has 3 N–H and O–H groups in total. The van der Waals surface area contributed by atoms with Crippen molar-refractivity contribution in [2.24, 2.45) is 5.41 Å². The van der Waals surface area contributed by atoms with Crippen molar-refractivity contribution in [2.45, 2.75) is 84.3 Å². The number of aliphatic hydroxyl groups is 1. The lowest BCUT2D eigenvalue weighted by atomic mass is 9.82. The fraction of sp³-hybridized carbons (Fsp3) is 0.667. The first kappa shape index (κ1) is 24.6. The molecule has 28 heavy (non-hydrogen) atoms. The van der Waals surface area contributed by atoms with Gasteiger partial charge in [0.05, 0.1) is 18.2 Å². The maximum Gasteiger partial charge on any atom is 0.404 e. The van der Waals surface area contributed by atoms with Crippen LogP contribution >= 0.6 is 0 Å². The summed E-state index contributed by atoms with van der Waals surface area (Å²) in [6.07, 6.45) is -2.66. The molecule has 0 heterocycles. The van der Waals surface area contributed by atoms with Gasteiger partial charge in [0.15, 0.2) is 8.32 Å². The van der Waals surface area contributed by atoms with Crippen molar-refractivity contribution in [1.82, 2.24) is 5.32 Å². The summed E-state index contributed by atoms with van der Waals surface area (Å²) in [5.74, 6) is -0.384. The molecule has 0 saturated carbocycles. The molecule has 160 valence electrons. The minimum Gasteiger partial charge on any atom is -0.465 e. The van der Waals surface area contributed by atoms with Crippen molar-refractivity contribution in [3.8, 4) is 0 Å². The van der Waals surface area contributed by atoms with Gasteiger partial charge in [0.1, 0.15) is 5.82 Å². The van der Waals surface area contributed by atoms with E-state index in [1.165, 1.54) is 12.1 Å². The molecule has 3 atom stereocenters. The number of carbonyl (C=O) groups is 1. The summed E-state index contributed by atoms with van der Waals surface area (Å²) in [5, 5.41) is 22.9. The molecule has 1 aromatic rings. The minimum atomic E-state index is -2.32. The molecule has 1 unspecified atom stereocenters. The predicted molar refractivity (Wildman–Crippen MR) is 113 cm³/mol. The molecule has 0 radical (unpaired) electrons. The Morgan fingerprint density at radius 3 is 2.21 bits per heavy atom. The fourth-order valence-corrected chi connectivity index (χ4v) is 4.03. The number of halogens is 1. The SMILES string of the molecule is CC(C)(C)C(O)[C@@H](O[Si](C)(C)C(C)(C)C)[C@H](Cc1cccc(F)c1)NC(=O)O. The smallest absolute Gasteiger partial charge is 0.404 e. The van der Waals surface area contributed by atoms with Gasteiger partial charge in [0.25, 0.3) is 0 Å². The molecule has 0 aromatic heterocycles. The molecule has 1 rings (SSSR count). The molecule has 0 fully saturated rings. The van der Waals surface area contributed by atoms with E-state index in [9.17, 15) is 19.4 Å². The highest BCUT2D eigenvalue weighted by Crippen LogP contribution is 2.39. The summed E-state index contributed by atoms with van der Waals surface area (Å²) in [6.45, 7) is 16.1. The summed E-state index contributed by atoms with van der Waals surface area (Å²) in [5.41, 5.74) is 0.122. The Morgan fingerprint density at radius 2 is 1.79 bits per heavy atom. The van der Waals surface area contributed by atoms with Gasteiger partial charge in [0, 0.05) is 0 Å². The zero-order valence-corrected chi connectivity index (χ0v) is 19.3. The Morgan fingerprint density at radius 1 is 1.21 bits per heavy atom. The van der Waals surface area contributed by atoms with Crippen LogP contribution in [-0.2, 0) is 10.8 Å². The highest BCUT2D eigenvalue weighted by molar-refractivity contribution is 6.74. The van der Waals surface area contributed by atoms with E-state index >= 15 is 0 Å². The van der Waals surface area contributed by atoms with Gasteiger partial charge >= 0.3 is 6.09 Å². The van der Waals surface area contributed by atoms with E-state index in [0.29, 0.717) is 5.56 Å². The van der Waals surface area contributed by atoms with Gasteiger partial charge in [-0.05, 0) is 47.7 Å². The molecular weight excluding hydrogens is 377 g/mol. The second kappa shape index (κ2) is 8.92. The molecule has 0 aliphatic heterocycles. The van der Waals surface area contributed by atoms with Gasteiger partial charge in [-0.25, -0.2) is 9.18 Å². The Balaban J connectivity index is 3.34. The lowest BCUT2D eigenvalue weighted by molar-refractivity contribution is -0.0523. The third kappa shape index (κ3) is 6.86. The van der Waals surface area contributed by atoms with Crippen molar-refractivity contribution in [2.75, 3.05) is 0 Å². The van der Waals surface area contributed by atoms with Gasteiger partial charge in [-0.1, -0.05) is 53.7 Å². The molecular formula is C21H36FNO4Si. The van der Waals surface area contributed by atoms with E-state index in [4.69, 9.17) is 4.43 Å². The zero-order valence-electron chi connectivity index (χ0n) is 18.3. The Kier molecular flexibility index (Phi) is 7.84. The number of nitrogens with one attached hydrogen (secondary N) is 1. The molecule has 0 bridgehead atoms. The Hall–Kier alpha value is -1.44. The molecule has 7 heteroatoms. The minimum absolute atomic E-state index is 0.116. The van der Waals surface area contributed by atoms with Crippen molar-refractivity contribution in [3.63, 3.8) is 0 Å². The van der Waals surface area contributed by atoms with Crippen molar-refractivity contribution < 1.29 is 23.8 Å². The maximum absolute atomic E-state index is 13.6. The standard InChI is InChI=1S/C21H36FNO4Si/c1-20(2,3)18(24)17(27-28(7,8)21(4,5)6)16(23-19(25)26)13-14-10-9-11-15(22)12-14/h9-12,16-18,23-24H,13H2,1-8H3,(H,25,26)/t16-,17-,18?/m0/s1. The largest absolute Gasteiger partial charge is 0.465 e. The number of amides is 1. The molecule has 0 aliphatic rings. The maximum atomic E-state index is 13.6. The number of rotatable bonds is 7. The summed E-state index contributed by atoms with van der Waals surface area (Å²) in [6, 6.07) is 5.33. The van der Waals surface area contributed by atoms with Crippen LogP contribution in [-0.4, -0.2) is 42.9 Å². The number of carboxylic acid groups (broad SMARTS) is 1. The van der Waals surface area contributed by atoms with Gasteiger partial charge in [-0.2, -0.15) is 0 Å². The number of hydrogen-bond acceptors (Lipinski definition) is 3. The number of benzene rings is 1. The van der Waals surface area contributed by atoms with Crippen molar-refractivity contribution in [1.29, 1.82) is 0 Å². The van der Waals surface area contributed by atoms with Gasteiger partial charge in [0.2, 0.25) is 0 Å². The molecule has 1 aromatic carbocycles. The first-order valence-electron chi connectivity index (χ1n) is 9.64. The van der Waals surface area contributed by atoms with Crippen LogP contribution in [0.5, 0.6) is 0 Å². The Labute approximate surface area is 169 Å². The first-order valence-corrected chi connectivity index (χ1v) is 12.6. The summed E-state index contributed by atoms with van der Waals surface area (Å²) < 4.78 is 20.2. The lowest BCUT2D eigenvalue weighted by Crippen LogP contribution is -2.59. The molecule has 1 amide bonds. The molecule has 5 nitrogen and oxygen atoms in total. The summed E-state index contributed by atoms with van der Waals surface area (Å²) >= 11 is 0. The highest BCUT2D eigenvalue weighted by atomic mass is 28.4. The topological polar surface area (TPSA) is 78.8 Å². The Bertz CT molecular complexity index is 667. The van der Waals surface area contributed by atoms with E-state index in [2.05, 4.69) is 39.2 Å². The van der Waals surface area contributed by atoms with Crippen molar-refractivity contribution in [3.05, 3.63) is 35.6 Å². The third-order valence-electron chi connectivity index (χ3n) is 5.49. The van der Waals surface area contributed by atoms with Crippen LogP contribution in [0, 0.1) is 11.2 Å². The van der Waals surface area contributed by atoms with Crippen LogP contribution in [0.15, 0.2) is 24.3 Å². The highest BCUT2D eigenvalue weighted by Gasteiger charge is 2.45. The average Bonchev–Trinajstić information content (AvgIpc) is 2.49. The summed E-state index contributed by atoms with van der Waals surface area (Å²) in [7, 11) is -2.32. The van der Waals surface area contributed by atoms with Gasteiger partial charge in [-0.15, -0.1) is 0 Å². The quantitative estimate of drug-likeness (QED) is 0.561. The van der Waals surface area contributed by atoms with E-state index < -0.39 is 38.1 Å². The zero-order chi connectivity index (χ0) is 21.9. The summed E-state index contributed by atoms with van der Waals surface area (Å²) in [4.78, 5) is 11.5. The average molecular weight is 414 g/mol. The fourth-order valence-electron chi connectivity index (χ4n) is 2.70. The predicted octanol–water partition coefficient (Wildman–Crippen LogP) is 4.80. The normalized spacial score (nSPS) is 16.4. The second-order valence-electron chi connectivity index (χ2n) is 10.0. The van der Waals surface area contributed by atoms with Crippen LogP contribution < -0.4 is 5.32 Å². The van der Waals surface area contributed by atoms with Gasteiger partial charge in [-0.3, -0.25) is 0 Å². The van der Waals surface area contributed by atoms with E-state index in [0.717, 1.165) is 0 Å². The molecule has 0 aliphatic carbocycles.